The number of rotatable bonds is 13. The van der Waals surface area contributed by atoms with E-state index in [2.05, 4.69) is 19.1 Å². The highest BCUT2D eigenvalue weighted by molar-refractivity contribution is 5.66. The number of hydrogen-bond acceptors (Lipinski definition) is 3. The van der Waals surface area contributed by atoms with Gasteiger partial charge in [0.25, 0.3) is 0 Å². The van der Waals surface area contributed by atoms with E-state index in [1.807, 2.05) is 12.2 Å². The minimum atomic E-state index is -0.845. The quantitative estimate of drug-likeness (QED) is 0.352. The Morgan fingerprint density at radius 3 is 2.17 bits per heavy atom. The predicted molar refractivity (Wildman–Crippen MR) is 98.7 cm³/mol. The zero-order valence-electron chi connectivity index (χ0n) is 14.4. The predicted octanol–water partition coefficient (Wildman–Crippen LogP) is 3.93. The topological polar surface area (TPSA) is 77.8 Å². The number of carbonyl (C=O) groups is 1. The molecule has 0 spiro atoms. The van der Waals surface area contributed by atoms with E-state index in [4.69, 9.17) is 5.11 Å². The molecule has 0 saturated carbocycles. The summed E-state index contributed by atoms with van der Waals surface area (Å²) in [5.41, 5.74) is 0. The molecule has 4 nitrogen and oxygen atoms in total. The summed E-state index contributed by atoms with van der Waals surface area (Å²) in [4.78, 5) is 10.3. The van der Waals surface area contributed by atoms with Crippen molar-refractivity contribution in [3.05, 3.63) is 60.8 Å². The minimum absolute atomic E-state index is 0.0741. The third-order valence-corrected chi connectivity index (χ3v) is 3.11. The summed E-state index contributed by atoms with van der Waals surface area (Å²) in [6.07, 6.45) is 20.9. The maximum Gasteiger partial charge on any atom is 0.303 e. The third-order valence-electron chi connectivity index (χ3n) is 3.11. The molecule has 0 unspecified atom stereocenters. The van der Waals surface area contributed by atoms with Gasteiger partial charge in [-0.25, -0.2) is 0 Å². The molecule has 0 fully saturated rings. The molecule has 0 aliphatic carbocycles. The smallest absolute Gasteiger partial charge is 0.303 e. The Morgan fingerprint density at radius 2 is 1.54 bits per heavy atom. The van der Waals surface area contributed by atoms with Crippen LogP contribution in [0.3, 0.4) is 0 Å². The largest absolute Gasteiger partial charge is 0.481 e. The van der Waals surface area contributed by atoms with Crippen LogP contribution in [0, 0.1) is 0 Å². The normalized spacial score (nSPS) is 15.5. The van der Waals surface area contributed by atoms with Crippen LogP contribution in [0.1, 0.15) is 45.4 Å². The van der Waals surface area contributed by atoms with Crippen molar-refractivity contribution in [2.24, 2.45) is 0 Å². The second kappa shape index (κ2) is 16.0. The van der Waals surface area contributed by atoms with E-state index in [1.54, 1.807) is 36.5 Å². The molecule has 0 amide bonds. The second-order valence-corrected chi connectivity index (χ2v) is 5.40. The Hall–Kier alpha value is -1.91. The molecule has 0 aliphatic heterocycles. The number of aliphatic hydroxyl groups is 2. The van der Waals surface area contributed by atoms with Crippen molar-refractivity contribution in [1.82, 2.24) is 0 Å². The summed E-state index contributed by atoms with van der Waals surface area (Å²) in [6.45, 7) is 2.09. The molecule has 3 N–H and O–H groups in total. The highest BCUT2D eigenvalue weighted by Gasteiger charge is 2.01. The fraction of sp³-hybridized carbons (Fsp3) is 0.450. The zero-order chi connectivity index (χ0) is 18.0. The molecule has 0 aromatic rings. The SMILES string of the molecule is CC/C=C/C/C=C/C[C@H](O)/C=C/C=C/C=C/[C@@H](O)CCCC(=O)O. The summed E-state index contributed by atoms with van der Waals surface area (Å²) in [7, 11) is 0. The van der Waals surface area contributed by atoms with Gasteiger partial charge in [-0.3, -0.25) is 4.79 Å². The first-order valence-corrected chi connectivity index (χ1v) is 8.45. The van der Waals surface area contributed by atoms with Gasteiger partial charge in [0, 0.05) is 6.42 Å². The third kappa shape index (κ3) is 16.5. The van der Waals surface area contributed by atoms with Crippen molar-refractivity contribution in [3.63, 3.8) is 0 Å². The molecule has 24 heavy (non-hydrogen) atoms. The Labute approximate surface area is 145 Å². The van der Waals surface area contributed by atoms with E-state index in [0.717, 1.165) is 12.8 Å². The summed E-state index contributed by atoms with van der Waals surface area (Å²) in [5, 5.41) is 27.8. The molecule has 0 aromatic heterocycles. The lowest BCUT2D eigenvalue weighted by Crippen LogP contribution is -2.03. The molecule has 0 saturated heterocycles. The Bertz CT molecular complexity index is 458. The van der Waals surface area contributed by atoms with Gasteiger partial charge >= 0.3 is 5.97 Å². The number of allylic oxidation sites excluding steroid dienone is 7. The van der Waals surface area contributed by atoms with Gasteiger partial charge in [-0.15, -0.1) is 0 Å². The highest BCUT2D eigenvalue weighted by atomic mass is 16.4. The summed E-state index contributed by atoms with van der Waals surface area (Å²) >= 11 is 0. The number of carboxylic acids is 1. The van der Waals surface area contributed by atoms with Crippen molar-refractivity contribution in [1.29, 1.82) is 0 Å². The van der Waals surface area contributed by atoms with E-state index < -0.39 is 18.2 Å². The van der Waals surface area contributed by atoms with Crippen LogP contribution in [-0.2, 0) is 4.79 Å². The monoisotopic (exact) mass is 334 g/mol. The first-order chi connectivity index (χ1) is 11.6. The van der Waals surface area contributed by atoms with Crippen LogP contribution in [0.15, 0.2) is 60.8 Å². The highest BCUT2D eigenvalue weighted by Crippen LogP contribution is 2.02. The standard InChI is InChI=1S/C20H30O4/c1-2-3-4-5-6-9-13-18(21)14-10-7-8-11-15-19(22)16-12-17-20(23)24/h3-4,6-11,14-15,18-19,21-22H,2,5,12-13,16-17H2,1H3,(H,23,24)/b4-3+,8-7+,9-6+,14-10+,15-11+/t18-,19+/m0/s1. The lowest BCUT2D eigenvalue weighted by atomic mass is 10.1. The van der Waals surface area contributed by atoms with Crippen LogP contribution in [-0.4, -0.2) is 33.5 Å². The van der Waals surface area contributed by atoms with E-state index in [-0.39, 0.29) is 6.42 Å². The van der Waals surface area contributed by atoms with Crippen molar-refractivity contribution in [2.45, 2.75) is 57.7 Å². The molecular weight excluding hydrogens is 304 g/mol. The van der Waals surface area contributed by atoms with Crippen LogP contribution in [0.25, 0.3) is 0 Å². The fourth-order valence-electron chi connectivity index (χ4n) is 1.82. The van der Waals surface area contributed by atoms with E-state index in [1.165, 1.54) is 0 Å². The zero-order valence-corrected chi connectivity index (χ0v) is 14.4. The van der Waals surface area contributed by atoms with Crippen molar-refractivity contribution >= 4 is 5.97 Å². The van der Waals surface area contributed by atoms with Crippen LogP contribution >= 0.6 is 0 Å². The van der Waals surface area contributed by atoms with Crippen LogP contribution in [0.5, 0.6) is 0 Å². The van der Waals surface area contributed by atoms with Gasteiger partial charge in [0.1, 0.15) is 0 Å². The fourth-order valence-corrected chi connectivity index (χ4v) is 1.82. The second-order valence-electron chi connectivity index (χ2n) is 5.40. The Balaban J connectivity index is 3.87. The molecule has 4 heteroatoms. The number of hydrogen-bond donors (Lipinski definition) is 3. The van der Waals surface area contributed by atoms with E-state index >= 15 is 0 Å². The number of aliphatic carboxylic acids is 1. The van der Waals surface area contributed by atoms with Gasteiger partial charge in [-0.05, 0) is 32.1 Å². The van der Waals surface area contributed by atoms with Gasteiger partial charge in [0.05, 0.1) is 12.2 Å². The first kappa shape index (κ1) is 22.1. The van der Waals surface area contributed by atoms with Crippen molar-refractivity contribution in [2.75, 3.05) is 0 Å². The average Bonchev–Trinajstić information content (AvgIpc) is 2.53. The van der Waals surface area contributed by atoms with Gasteiger partial charge in [0.15, 0.2) is 0 Å². The van der Waals surface area contributed by atoms with Gasteiger partial charge < -0.3 is 15.3 Å². The first-order valence-electron chi connectivity index (χ1n) is 8.45. The molecule has 0 rings (SSSR count). The maximum absolute atomic E-state index is 10.3. The lowest BCUT2D eigenvalue weighted by molar-refractivity contribution is -0.137. The van der Waals surface area contributed by atoms with E-state index in [0.29, 0.717) is 19.3 Å². The van der Waals surface area contributed by atoms with Crippen molar-refractivity contribution < 1.29 is 20.1 Å². The molecule has 0 aromatic carbocycles. The maximum atomic E-state index is 10.3. The Morgan fingerprint density at radius 1 is 0.917 bits per heavy atom. The summed E-state index contributed by atoms with van der Waals surface area (Å²) < 4.78 is 0. The average molecular weight is 334 g/mol. The van der Waals surface area contributed by atoms with Gasteiger partial charge in [-0.1, -0.05) is 67.7 Å². The minimum Gasteiger partial charge on any atom is -0.481 e. The molecule has 0 radical (unpaired) electrons. The summed E-state index contributed by atoms with van der Waals surface area (Å²) in [6, 6.07) is 0. The molecule has 0 heterocycles. The number of carboxylic acid groups (broad SMARTS) is 1. The molecule has 2 atom stereocenters. The molecule has 0 bridgehead atoms. The lowest BCUT2D eigenvalue weighted by Gasteiger charge is -2.02. The van der Waals surface area contributed by atoms with Crippen molar-refractivity contribution in [3.8, 4) is 0 Å². The van der Waals surface area contributed by atoms with Crippen LogP contribution in [0.2, 0.25) is 0 Å². The summed E-state index contributed by atoms with van der Waals surface area (Å²) in [5.74, 6) is -0.845. The Kier molecular flexibility index (Phi) is 14.7. The molecular formula is C20H30O4. The van der Waals surface area contributed by atoms with Gasteiger partial charge in [-0.2, -0.15) is 0 Å². The van der Waals surface area contributed by atoms with E-state index in [9.17, 15) is 15.0 Å². The van der Waals surface area contributed by atoms with Crippen LogP contribution < -0.4 is 0 Å². The number of aliphatic hydroxyl groups excluding tert-OH is 2. The molecule has 0 aliphatic rings. The van der Waals surface area contributed by atoms with Gasteiger partial charge in [0.2, 0.25) is 0 Å². The van der Waals surface area contributed by atoms with Crippen LogP contribution in [0.4, 0.5) is 0 Å². The molecule has 134 valence electrons.